The summed E-state index contributed by atoms with van der Waals surface area (Å²) in [5, 5.41) is 36.6. The van der Waals surface area contributed by atoms with Gasteiger partial charge in [-0.25, -0.2) is 8.42 Å². The molecule has 4 aliphatic rings. The van der Waals surface area contributed by atoms with E-state index in [0.717, 1.165) is 64.3 Å². The van der Waals surface area contributed by atoms with Gasteiger partial charge in [-0.05, 0) is 97.7 Å². The molecule has 4 fully saturated rings. The number of carbonyl (C=O) groups is 1. The first-order chi connectivity index (χ1) is 19.5. The maximum atomic E-state index is 12.7. The summed E-state index contributed by atoms with van der Waals surface area (Å²) in [6.45, 7) is 8.78. The Morgan fingerprint density at radius 1 is 1.00 bits per heavy atom. The molecule has 0 aromatic heterocycles. The first-order valence-electron chi connectivity index (χ1n) is 16.5. The van der Waals surface area contributed by atoms with Crippen molar-refractivity contribution in [3.8, 4) is 0 Å². The summed E-state index contributed by atoms with van der Waals surface area (Å²) < 4.78 is 33.1. The van der Waals surface area contributed by atoms with E-state index in [1.54, 1.807) is 0 Å². The van der Waals surface area contributed by atoms with E-state index >= 15 is 0 Å². The Balaban J connectivity index is 0.00000337. The zero-order valence-corrected chi connectivity index (χ0v) is 28.4. The molecule has 0 aromatic carbocycles. The normalized spacial score (nSPS) is 39.1. The van der Waals surface area contributed by atoms with Crippen LogP contribution in [0, 0.1) is 46.3 Å². The molecule has 0 heterocycles. The standard InChI is InChI=1S/C32H58N2O7S.2H2O/c1-21(8-11-29(38)33-14-6-15-34(4,5)16-7-17-42(39,40)41)24-9-10-25-30-26(20-28(37)32(24,25)3)31(2)13-12-23(35)18-22(31)19-27(30)36;;/h21-28,30,35-37H,6-20H2,1-5H3,(H-,33,38,39,40,41);2*1H2/t21-,22+,23-,24-,25+,26+,27-,28+,30+,31+,32-;;/m1../s1. The van der Waals surface area contributed by atoms with Gasteiger partial charge in [0.25, 0.3) is 0 Å². The molecule has 0 unspecified atom stereocenters. The fraction of sp³-hybridized carbons (Fsp3) is 0.969. The number of amides is 1. The van der Waals surface area contributed by atoms with Crippen LogP contribution < -0.4 is 5.32 Å². The van der Waals surface area contributed by atoms with E-state index in [4.69, 9.17) is 0 Å². The third kappa shape index (κ3) is 8.34. The van der Waals surface area contributed by atoms with E-state index in [1.165, 1.54) is 0 Å². The lowest BCUT2D eigenvalue weighted by Crippen LogP contribution is -2.62. The summed E-state index contributed by atoms with van der Waals surface area (Å²) in [6.07, 6.45) is 7.35. The van der Waals surface area contributed by atoms with E-state index < -0.39 is 16.2 Å². The Labute approximate surface area is 265 Å². The molecular formula is C32H62N2O9S. The van der Waals surface area contributed by atoms with Gasteiger partial charge in [-0.1, -0.05) is 20.8 Å². The van der Waals surface area contributed by atoms with Gasteiger partial charge < -0.3 is 40.6 Å². The molecule has 0 spiro atoms. The minimum atomic E-state index is -4.18. The zero-order chi connectivity index (χ0) is 31.1. The molecule has 4 aliphatic carbocycles. The van der Waals surface area contributed by atoms with Crippen molar-refractivity contribution in [2.75, 3.05) is 39.5 Å². The van der Waals surface area contributed by atoms with Crippen molar-refractivity contribution in [3.05, 3.63) is 0 Å². The van der Waals surface area contributed by atoms with Crippen molar-refractivity contribution in [1.29, 1.82) is 0 Å². The maximum absolute atomic E-state index is 12.7. The highest BCUT2D eigenvalue weighted by Crippen LogP contribution is 2.68. The van der Waals surface area contributed by atoms with Crippen LogP contribution in [0.1, 0.15) is 91.4 Å². The number of nitrogens with zero attached hydrogens (tertiary/aromatic N) is 1. The molecule has 0 saturated heterocycles. The smallest absolute Gasteiger partial charge is 0.220 e. The molecule has 12 heteroatoms. The van der Waals surface area contributed by atoms with Gasteiger partial charge in [0.15, 0.2) is 0 Å². The number of rotatable bonds is 12. The van der Waals surface area contributed by atoms with Crippen LogP contribution in [0.2, 0.25) is 0 Å². The summed E-state index contributed by atoms with van der Waals surface area (Å²) in [5.41, 5.74) is -0.191. The number of nitrogens with one attached hydrogen (secondary N) is 1. The summed E-state index contributed by atoms with van der Waals surface area (Å²) in [7, 11) is -0.177. The lowest BCUT2D eigenvalue weighted by Gasteiger charge is -2.63. The van der Waals surface area contributed by atoms with E-state index in [-0.39, 0.29) is 63.4 Å². The van der Waals surface area contributed by atoms with Gasteiger partial charge in [-0.15, -0.1) is 0 Å². The van der Waals surface area contributed by atoms with Crippen molar-refractivity contribution < 1.29 is 48.5 Å². The fourth-order valence-corrected chi connectivity index (χ4v) is 10.8. The van der Waals surface area contributed by atoms with Crippen LogP contribution in [0.5, 0.6) is 0 Å². The number of carbonyl (C=O) groups excluding carboxylic acids is 1. The van der Waals surface area contributed by atoms with E-state index in [1.807, 2.05) is 14.1 Å². The van der Waals surface area contributed by atoms with Crippen LogP contribution in [0.25, 0.3) is 0 Å². The SMILES string of the molecule is C[C@H](CCC(=O)NCCC[N+](C)(C)CCCS(=O)(=O)[O-])[C@H]1CC[C@H]2[C@@H]3[C@H](O)C[C@@H]4C[C@H](O)CC[C@]4(C)[C@H]3C[C@H](O)[C@]12C.O.O. The Hall–Kier alpha value is -0.860. The summed E-state index contributed by atoms with van der Waals surface area (Å²) >= 11 is 0. The Morgan fingerprint density at radius 2 is 1.66 bits per heavy atom. The molecule has 0 aromatic rings. The highest BCUT2D eigenvalue weighted by molar-refractivity contribution is 7.85. The average molecular weight is 651 g/mol. The van der Waals surface area contributed by atoms with Crippen molar-refractivity contribution in [1.82, 2.24) is 5.32 Å². The summed E-state index contributed by atoms with van der Waals surface area (Å²) in [6, 6.07) is 0. The van der Waals surface area contributed by atoms with Crippen LogP contribution in [0.15, 0.2) is 0 Å². The van der Waals surface area contributed by atoms with Crippen LogP contribution in [0.3, 0.4) is 0 Å². The van der Waals surface area contributed by atoms with Crippen molar-refractivity contribution >= 4 is 16.0 Å². The van der Waals surface area contributed by atoms with Gasteiger partial charge in [0.2, 0.25) is 5.91 Å². The van der Waals surface area contributed by atoms with Crippen LogP contribution in [-0.4, -0.2) is 107 Å². The van der Waals surface area contributed by atoms with Gasteiger partial charge in [0.1, 0.15) is 0 Å². The molecule has 0 aliphatic heterocycles. The molecular weight excluding hydrogens is 588 g/mol. The molecule has 11 nitrogen and oxygen atoms in total. The molecule has 44 heavy (non-hydrogen) atoms. The second-order valence-corrected chi connectivity index (χ2v) is 17.3. The molecule has 0 bridgehead atoms. The zero-order valence-electron chi connectivity index (χ0n) is 27.6. The van der Waals surface area contributed by atoms with Gasteiger partial charge in [-0.3, -0.25) is 4.79 Å². The monoisotopic (exact) mass is 650 g/mol. The third-order valence-electron chi connectivity index (χ3n) is 12.8. The minimum Gasteiger partial charge on any atom is -0.748 e. The quantitative estimate of drug-likeness (QED) is 0.138. The summed E-state index contributed by atoms with van der Waals surface area (Å²) in [4.78, 5) is 12.7. The second kappa shape index (κ2) is 14.9. The van der Waals surface area contributed by atoms with E-state index in [0.29, 0.717) is 48.2 Å². The van der Waals surface area contributed by atoms with Crippen LogP contribution in [0.4, 0.5) is 0 Å². The van der Waals surface area contributed by atoms with Crippen LogP contribution >= 0.6 is 0 Å². The lowest BCUT2D eigenvalue weighted by molar-refractivity contribution is -0.890. The predicted molar refractivity (Wildman–Crippen MR) is 168 cm³/mol. The molecule has 0 radical (unpaired) electrons. The maximum Gasteiger partial charge on any atom is 0.220 e. The van der Waals surface area contributed by atoms with E-state index in [2.05, 4.69) is 26.1 Å². The Bertz CT molecular complexity index is 1060. The number of hydrogen-bond donors (Lipinski definition) is 4. The first kappa shape index (κ1) is 39.3. The molecule has 4 rings (SSSR count). The second-order valence-electron chi connectivity index (χ2n) is 15.7. The van der Waals surface area contributed by atoms with Crippen molar-refractivity contribution in [2.24, 2.45) is 46.3 Å². The highest BCUT2D eigenvalue weighted by Gasteiger charge is 2.65. The molecule has 260 valence electrons. The number of hydrogen-bond acceptors (Lipinski definition) is 7. The largest absolute Gasteiger partial charge is 0.748 e. The number of fused-ring (bicyclic) bond motifs is 5. The van der Waals surface area contributed by atoms with Gasteiger partial charge in [0.05, 0.1) is 55.6 Å². The Morgan fingerprint density at radius 3 is 2.32 bits per heavy atom. The van der Waals surface area contributed by atoms with Crippen LogP contribution in [-0.2, 0) is 14.9 Å². The van der Waals surface area contributed by atoms with Gasteiger partial charge >= 0.3 is 0 Å². The van der Waals surface area contributed by atoms with Gasteiger partial charge in [-0.2, -0.15) is 0 Å². The highest BCUT2D eigenvalue weighted by atomic mass is 32.2. The van der Waals surface area contributed by atoms with Crippen molar-refractivity contribution in [2.45, 2.75) is 110 Å². The predicted octanol–water partition coefficient (Wildman–Crippen LogP) is 1.23. The number of aliphatic hydroxyl groups excluding tert-OH is 3. The molecule has 8 N–H and O–H groups in total. The first-order valence-corrected chi connectivity index (χ1v) is 18.1. The van der Waals surface area contributed by atoms with Gasteiger partial charge in [0, 0.05) is 31.6 Å². The fourth-order valence-electron chi connectivity index (χ4n) is 10.3. The summed E-state index contributed by atoms with van der Waals surface area (Å²) in [5.74, 6) is 1.38. The topological polar surface area (TPSA) is 210 Å². The van der Waals surface area contributed by atoms with Crippen molar-refractivity contribution in [3.63, 3.8) is 0 Å². The van der Waals surface area contributed by atoms with E-state index in [9.17, 15) is 33.1 Å². The molecule has 4 saturated carbocycles. The third-order valence-corrected chi connectivity index (χ3v) is 13.6. The minimum absolute atomic E-state index is 0. The lowest BCUT2D eigenvalue weighted by atomic mass is 9.43. The number of aliphatic hydroxyl groups is 3. The Kier molecular flexibility index (Phi) is 13.3. The molecule has 1 amide bonds. The number of quaternary nitrogens is 1. The molecule has 11 atom stereocenters. The average Bonchev–Trinajstić information content (AvgIpc) is 3.24.